The normalized spacial score (nSPS) is 10.8. The van der Waals surface area contributed by atoms with Gasteiger partial charge in [-0.2, -0.15) is 0 Å². The highest BCUT2D eigenvalue weighted by atomic mass is 79.9. The van der Waals surface area contributed by atoms with E-state index in [1.165, 1.54) is 6.07 Å². The summed E-state index contributed by atoms with van der Waals surface area (Å²) in [6.07, 6.45) is 2.90. The number of H-pyrrole nitrogens is 1. The lowest BCUT2D eigenvalue weighted by atomic mass is 10.1. The molecule has 5 rings (SSSR count). The van der Waals surface area contributed by atoms with Crippen molar-refractivity contribution in [2.24, 2.45) is 0 Å². The van der Waals surface area contributed by atoms with E-state index in [2.05, 4.69) is 43.1 Å². The van der Waals surface area contributed by atoms with Crippen LogP contribution in [-0.2, 0) is 11.3 Å². The second-order valence-corrected chi connectivity index (χ2v) is 9.24. The molecule has 3 N–H and O–H groups in total. The second-order valence-electron chi connectivity index (χ2n) is 8.38. The van der Waals surface area contributed by atoms with Gasteiger partial charge in [-0.05, 0) is 69.3 Å². The molecule has 0 aliphatic rings. The number of ether oxygens (including phenoxy) is 1. The Morgan fingerprint density at radius 2 is 1.82 bits per heavy atom. The molecule has 188 valence electrons. The van der Waals surface area contributed by atoms with Crippen LogP contribution < -0.4 is 15.4 Å². The smallest absolute Gasteiger partial charge is 0.335 e. The number of amides is 2. The summed E-state index contributed by atoms with van der Waals surface area (Å²) in [6.45, 7) is 3.76. The number of benzene rings is 3. The molecule has 2 heterocycles. The van der Waals surface area contributed by atoms with Gasteiger partial charge in [0.1, 0.15) is 0 Å². The Bertz CT molecular complexity index is 1730. The molecule has 0 spiro atoms. The number of hydrogen-bond donors (Lipinski definition) is 3. The zero-order valence-corrected chi connectivity index (χ0v) is 21.5. The van der Waals surface area contributed by atoms with Gasteiger partial charge in [-0.25, -0.2) is 9.78 Å². The summed E-state index contributed by atoms with van der Waals surface area (Å²) >= 11 is 3.39. The van der Waals surface area contributed by atoms with E-state index in [-0.39, 0.29) is 23.0 Å². The van der Waals surface area contributed by atoms with Crippen LogP contribution in [0.15, 0.2) is 96.1 Å². The van der Waals surface area contributed by atoms with Gasteiger partial charge in [0.2, 0.25) is 0 Å². The third-order valence-corrected chi connectivity index (χ3v) is 6.50. The van der Waals surface area contributed by atoms with E-state index in [1.807, 2.05) is 48.7 Å². The molecule has 3 aromatic carbocycles. The molecule has 38 heavy (non-hydrogen) atoms. The molecule has 2 aromatic heterocycles. The first kappa shape index (κ1) is 24.9. The van der Waals surface area contributed by atoms with Crippen LogP contribution in [0.3, 0.4) is 0 Å². The molecular formula is C29H21BrN4O4. The molecule has 0 saturated heterocycles. The van der Waals surface area contributed by atoms with Crippen molar-refractivity contribution in [3.63, 3.8) is 0 Å². The van der Waals surface area contributed by atoms with Crippen LogP contribution in [0.25, 0.3) is 21.8 Å². The van der Waals surface area contributed by atoms with Crippen molar-refractivity contribution < 1.29 is 19.1 Å². The third-order valence-electron chi connectivity index (χ3n) is 5.85. The topological polar surface area (TPSA) is 113 Å². The van der Waals surface area contributed by atoms with E-state index in [0.717, 1.165) is 27.9 Å². The lowest BCUT2D eigenvalue weighted by molar-refractivity contribution is -0.128. The van der Waals surface area contributed by atoms with E-state index in [9.17, 15) is 14.4 Å². The first-order valence-corrected chi connectivity index (χ1v) is 12.4. The summed E-state index contributed by atoms with van der Waals surface area (Å²) in [4.78, 5) is 45.3. The zero-order chi connectivity index (χ0) is 26.6. The summed E-state index contributed by atoms with van der Waals surface area (Å²) < 4.78 is 5.72. The van der Waals surface area contributed by atoms with Gasteiger partial charge in [-0.3, -0.25) is 9.59 Å². The molecule has 8 nitrogen and oxygen atoms in total. The van der Waals surface area contributed by atoms with Crippen molar-refractivity contribution in [3.05, 3.63) is 113 Å². The number of hydrogen-bond acceptors (Lipinski definition) is 5. The Morgan fingerprint density at radius 1 is 0.974 bits per heavy atom. The molecule has 0 atom stereocenters. The molecule has 9 heteroatoms. The molecule has 2 amide bonds. The first-order chi connectivity index (χ1) is 18.4. The van der Waals surface area contributed by atoms with Crippen LogP contribution in [0.5, 0.6) is 5.75 Å². The monoisotopic (exact) mass is 568 g/mol. The highest BCUT2D eigenvalue weighted by Crippen LogP contribution is 2.29. The molecule has 0 bridgehead atoms. The Balaban J connectivity index is 1.32. The van der Waals surface area contributed by atoms with Crippen molar-refractivity contribution >= 4 is 61.3 Å². The number of para-hydroxylation sites is 1. The lowest BCUT2D eigenvalue weighted by Gasteiger charge is -2.12. The number of anilines is 1. The van der Waals surface area contributed by atoms with Crippen LogP contribution in [0, 0.1) is 0 Å². The number of aromatic nitrogens is 2. The molecule has 5 aromatic rings. The number of carbonyl (C=O) groups is 3. The van der Waals surface area contributed by atoms with Gasteiger partial charge in [-0.1, -0.05) is 36.9 Å². The number of carbonyl (C=O) groups excluding carboxylic acids is 3. The number of fused-ring (bicyclic) bond motifs is 2. The van der Waals surface area contributed by atoms with E-state index < -0.39 is 11.9 Å². The molecule has 0 unspecified atom stereocenters. The van der Waals surface area contributed by atoms with Gasteiger partial charge in [0.25, 0.3) is 11.8 Å². The van der Waals surface area contributed by atoms with E-state index in [4.69, 9.17) is 4.74 Å². The number of esters is 1. The first-order valence-electron chi connectivity index (χ1n) is 11.6. The largest absolute Gasteiger partial charge is 0.419 e. The Morgan fingerprint density at radius 3 is 2.63 bits per heavy atom. The number of pyridine rings is 1. The third kappa shape index (κ3) is 5.33. The van der Waals surface area contributed by atoms with Crippen LogP contribution in [0.4, 0.5) is 5.82 Å². The summed E-state index contributed by atoms with van der Waals surface area (Å²) in [5, 5.41) is 7.43. The van der Waals surface area contributed by atoms with Gasteiger partial charge in [-0.15, -0.1) is 0 Å². The minimum atomic E-state index is -0.679. The second kappa shape index (κ2) is 10.7. The van der Waals surface area contributed by atoms with Gasteiger partial charge >= 0.3 is 5.97 Å². The zero-order valence-electron chi connectivity index (χ0n) is 20.0. The summed E-state index contributed by atoms with van der Waals surface area (Å²) in [7, 11) is 0. The fourth-order valence-electron chi connectivity index (χ4n) is 3.92. The minimum Gasteiger partial charge on any atom is -0.419 e. The Kier molecular flexibility index (Phi) is 7.01. The number of halogens is 1. The number of nitrogens with zero attached hydrogens (tertiary/aromatic N) is 1. The van der Waals surface area contributed by atoms with Crippen molar-refractivity contribution in [1.29, 1.82) is 0 Å². The van der Waals surface area contributed by atoms with Gasteiger partial charge in [0.05, 0.1) is 11.1 Å². The predicted octanol–water partition coefficient (Wildman–Crippen LogP) is 5.75. The lowest BCUT2D eigenvalue weighted by Crippen LogP contribution is -2.23. The maximum absolute atomic E-state index is 13.1. The van der Waals surface area contributed by atoms with Crippen molar-refractivity contribution in [1.82, 2.24) is 15.3 Å². The van der Waals surface area contributed by atoms with Gasteiger partial charge in [0, 0.05) is 39.8 Å². The van der Waals surface area contributed by atoms with Crippen LogP contribution in [0.2, 0.25) is 0 Å². The predicted molar refractivity (Wildman–Crippen MR) is 149 cm³/mol. The molecule has 0 aliphatic heterocycles. The van der Waals surface area contributed by atoms with Crippen LogP contribution >= 0.6 is 15.9 Å². The molecule has 0 aliphatic carbocycles. The van der Waals surface area contributed by atoms with E-state index in [0.29, 0.717) is 22.1 Å². The van der Waals surface area contributed by atoms with E-state index >= 15 is 0 Å². The molecule has 0 fully saturated rings. The maximum atomic E-state index is 13.1. The SMILES string of the molecule is C=CC(=O)Oc1cc2ccccc2nc1NC(=O)c1ccc(C(=O)NCc2ccc3cc[nH]c3c2)cc1Br. The molecular weight excluding hydrogens is 548 g/mol. The minimum absolute atomic E-state index is 0.0802. The number of rotatable bonds is 7. The molecule has 0 radical (unpaired) electrons. The van der Waals surface area contributed by atoms with E-state index in [1.54, 1.807) is 24.3 Å². The fourth-order valence-corrected chi connectivity index (χ4v) is 4.48. The molecule has 0 saturated carbocycles. The van der Waals surface area contributed by atoms with Crippen molar-refractivity contribution in [2.75, 3.05) is 5.32 Å². The van der Waals surface area contributed by atoms with Crippen molar-refractivity contribution in [3.8, 4) is 5.75 Å². The average Bonchev–Trinajstić information content (AvgIpc) is 3.39. The average molecular weight is 569 g/mol. The van der Waals surface area contributed by atoms with Crippen LogP contribution in [0.1, 0.15) is 26.3 Å². The summed E-state index contributed by atoms with van der Waals surface area (Å²) in [6, 6.07) is 21.5. The number of aromatic amines is 1. The standard InChI is InChI=1S/C29H21BrN4O4/c1-2-26(35)38-25-15-19-5-3-4-6-23(19)33-27(25)34-29(37)21-10-9-20(14-22(21)30)28(36)32-16-17-7-8-18-11-12-31-24(18)13-17/h2-15,31H,1,16H2,(H,32,36)(H,33,34,37). The summed E-state index contributed by atoms with van der Waals surface area (Å²) in [5.41, 5.74) is 3.23. The van der Waals surface area contributed by atoms with Crippen molar-refractivity contribution in [2.45, 2.75) is 6.54 Å². The highest BCUT2D eigenvalue weighted by molar-refractivity contribution is 9.10. The quantitative estimate of drug-likeness (QED) is 0.171. The Hall–Kier alpha value is -4.76. The van der Waals surface area contributed by atoms with Gasteiger partial charge < -0.3 is 20.4 Å². The Labute approximate surface area is 225 Å². The number of nitrogens with one attached hydrogen (secondary N) is 3. The fraction of sp³-hybridized carbons (Fsp3) is 0.0345. The highest BCUT2D eigenvalue weighted by Gasteiger charge is 2.18. The van der Waals surface area contributed by atoms with Gasteiger partial charge in [0.15, 0.2) is 11.6 Å². The van der Waals surface area contributed by atoms with Crippen LogP contribution in [-0.4, -0.2) is 27.8 Å². The summed E-state index contributed by atoms with van der Waals surface area (Å²) in [5.74, 6) is -1.29. The maximum Gasteiger partial charge on any atom is 0.335 e.